The zero-order valence-corrected chi connectivity index (χ0v) is 13.5. The highest BCUT2D eigenvalue weighted by atomic mass is 27.1. The largest absolute Gasteiger partial charge is 0.399 e. The van der Waals surface area contributed by atoms with Crippen molar-refractivity contribution in [1.82, 2.24) is 15.0 Å². The standard InChI is InChI=1S/C15H10N4.2Al/c16-13-8-6-12(7-9-13)15-18-10-17-14(19-15)11-4-2-1-3-5-11;;/h2-9H,16H2;;. The van der Waals surface area contributed by atoms with E-state index in [9.17, 15) is 0 Å². The number of benzene rings is 2. The van der Waals surface area contributed by atoms with E-state index in [0.29, 0.717) is 16.3 Å². The first-order chi connectivity index (χ1) is 10.1. The second-order valence-corrected chi connectivity index (χ2v) is 5.77. The number of rotatable bonds is 2. The summed E-state index contributed by atoms with van der Waals surface area (Å²) in [5.74, 6) is 1.30. The lowest BCUT2D eigenvalue weighted by Crippen LogP contribution is -2.17. The van der Waals surface area contributed by atoms with Gasteiger partial charge >= 0.3 is 0 Å². The molecule has 21 heavy (non-hydrogen) atoms. The van der Waals surface area contributed by atoms with Crippen LogP contribution in [0.3, 0.4) is 0 Å². The van der Waals surface area contributed by atoms with Crippen LogP contribution >= 0.6 is 0 Å². The van der Waals surface area contributed by atoms with E-state index in [1.165, 1.54) is 0 Å². The SMILES string of the molecule is Nc1ccc(-c2n[c]([Al])nc(-c3cc[c]([Al])cc3)n2)cc1. The minimum atomic E-state index is 0.613. The summed E-state index contributed by atoms with van der Waals surface area (Å²) in [6, 6.07) is 15.5. The Morgan fingerprint density at radius 2 is 1.14 bits per heavy atom. The first-order valence-corrected chi connectivity index (χ1v) is 7.51. The minimum absolute atomic E-state index is 0.613. The van der Waals surface area contributed by atoms with Crippen molar-refractivity contribution >= 4 is 47.4 Å². The Hall–Kier alpha value is -1.69. The van der Waals surface area contributed by atoms with Gasteiger partial charge in [-0.15, -0.1) is 4.43 Å². The molecule has 4 nitrogen and oxygen atoms in total. The maximum atomic E-state index is 5.71. The molecule has 0 aliphatic heterocycles. The Morgan fingerprint density at radius 1 is 0.667 bits per heavy atom. The smallest absolute Gasteiger partial charge is 0.244 e. The van der Waals surface area contributed by atoms with E-state index in [-0.39, 0.29) is 0 Å². The van der Waals surface area contributed by atoms with E-state index in [1.807, 2.05) is 48.5 Å². The Morgan fingerprint density at radius 3 is 1.67 bits per heavy atom. The molecule has 0 aliphatic rings. The average Bonchev–Trinajstić information content (AvgIpc) is 2.48. The molecule has 0 saturated carbocycles. The highest BCUT2D eigenvalue weighted by molar-refractivity contribution is 6.32. The molecule has 0 amide bonds. The van der Waals surface area contributed by atoms with Crippen LogP contribution < -0.4 is 14.8 Å². The van der Waals surface area contributed by atoms with Crippen LogP contribution in [0.25, 0.3) is 22.8 Å². The van der Waals surface area contributed by atoms with E-state index in [1.54, 1.807) is 0 Å². The Labute approximate surface area is 139 Å². The number of hydrogen-bond acceptors (Lipinski definition) is 4. The number of nitrogen functional groups attached to an aromatic ring is 1. The van der Waals surface area contributed by atoms with Crippen LogP contribution in [0.1, 0.15) is 0 Å². The molecule has 3 rings (SSSR count). The monoisotopic (exact) mass is 300 g/mol. The van der Waals surface area contributed by atoms with E-state index in [0.717, 1.165) is 21.2 Å². The van der Waals surface area contributed by atoms with E-state index >= 15 is 0 Å². The summed E-state index contributed by atoms with van der Waals surface area (Å²) in [6.07, 6.45) is 0. The third-order valence-corrected chi connectivity index (χ3v) is 3.63. The van der Waals surface area contributed by atoms with Gasteiger partial charge in [-0.3, -0.25) is 0 Å². The highest BCUT2D eigenvalue weighted by Gasteiger charge is 2.07. The van der Waals surface area contributed by atoms with Crippen molar-refractivity contribution in [2.45, 2.75) is 0 Å². The molecule has 2 aromatic carbocycles. The van der Waals surface area contributed by atoms with Crippen molar-refractivity contribution in [1.29, 1.82) is 0 Å². The van der Waals surface area contributed by atoms with E-state index in [2.05, 4.69) is 47.5 Å². The molecule has 0 spiro atoms. The fourth-order valence-corrected chi connectivity index (χ4v) is 2.35. The molecule has 0 fully saturated rings. The number of nitrogens with zero attached hydrogens (tertiary/aromatic N) is 3. The van der Waals surface area contributed by atoms with Crippen molar-refractivity contribution in [3.8, 4) is 22.8 Å². The third kappa shape index (κ3) is 3.32. The topological polar surface area (TPSA) is 64.7 Å². The van der Waals surface area contributed by atoms with Gasteiger partial charge in [0, 0.05) is 21.5 Å². The summed E-state index contributed by atoms with van der Waals surface area (Å²) in [6.45, 7) is 0. The molecule has 96 valence electrons. The van der Waals surface area contributed by atoms with Gasteiger partial charge in [-0.05, 0) is 24.3 Å². The molecule has 0 atom stereocenters. The van der Waals surface area contributed by atoms with Gasteiger partial charge in [0.1, 0.15) is 0 Å². The normalized spacial score (nSPS) is 10.5. The Balaban J connectivity index is 2.07. The molecule has 6 heteroatoms. The number of anilines is 1. The lowest BCUT2D eigenvalue weighted by molar-refractivity contribution is 1.11. The molecule has 0 saturated heterocycles. The van der Waals surface area contributed by atoms with E-state index < -0.39 is 0 Å². The van der Waals surface area contributed by atoms with Gasteiger partial charge in [-0.2, -0.15) is 0 Å². The van der Waals surface area contributed by atoms with Crippen LogP contribution in [0, 0.1) is 0 Å². The summed E-state index contributed by atoms with van der Waals surface area (Å²) in [5.41, 5.74) is 8.31. The second-order valence-electron chi connectivity index (χ2n) is 4.58. The predicted octanol–water partition coefficient (Wildman–Crippen LogP) is 0.375. The molecular formula is C15H10Al2N4. The van der Waals surface area contributed by atoms with Gasteiger partial charge in [-0.25, -0.2) is 15.0 Å². The van der Waals surface area contributed by atoms with Gasteiger partial charge in [0.05, 0.1) is 0 Å². The molecule has 2 N–H and O–H groups in total. The van der Waals surface area contributed by atoms with E-state index in [4.69, 9.17) is 5.73 Å². The fourth-order valence-electron chi connectivity index (χ4n) is 1.91. The van der Waals surface area contributed by atoms with Gasteiger partial charge in [-0.1, -0.05) is 24.3 Å². The van der Waals surface area contributed by atoms with Gasteiger partial charge in [0.15, 0.2) is 27.9 Å². The first-order valence-electron chi connectivity index (χ1n) is 6.35. The first kappa shape index (κ1) is 14.3. The molecule has 3 aromatic rings. The van der Waals surface area contributed by atoms with Gasteiger partial charge in [0.2, 0.25) is 16.3 Å². The molecule has 0 unspecified atom stereocenters. The maximum absolute atomic E-state index is 5.71. The van der Waals surface area contributed by atoms with Gasteiger partial charge < -0.3 is 5.73 Å². The van der Waals surface area contributed by atoms with Crippen LogP contribution in [-0.4, -0.2) is 47.5 Å². The zero-order valence-electron chi connectivity index (χ0n) is 11.2. The van der Waals surface area contributed by atoms with Crippen molar-refractivity contribution in [3.63, 3.8) is 0 Å². The Kier molecular flexibility index (Phi) is 4.06. The van der Waals surface area contributed by atoms with Crippen molar-refractivity contribution in [3.05, 3.63) is 48.5 Å². The summed E-state index contributed by atoms with van der Waals surface area (Å²) < 4.78 is 1.74. The van der Waals surface area contributed by atoms with Gasteiger partial charge in [0.25, 0.3) is 0 Å². The van der Waals surface area contributed by atoms with Crippen molar-refractivity contribution in [2.75, 3.05) is 5.73 Å². The highest BCUT2D eigenvalue weighted by Crippen LogP contribution is 2.18. The lowest BCUT2D eigenvalue weighted by Gasteiger charge is -2.07. The molecule has 1 heterocycles. The number of hydrogen-bond donors (Lipinski definition) is 1. The molecule has 0 bridgehead atoms. The fraction of sp³-hybridized carbons (Fsp3) is 0. The molecule has 4 radical (unpaired) electrons. The van der Waals surface area contributed by atoms with Crippen molar-refractivity contribution in [2.24, 2.45) is 0 Å². The van der Waals surface area contributed by atoms with Crippen LogP contribution in [0.4, 0.5) is 5.69 Å². The average molecular weight is 300 g/mol. The summed E-state index contributed by atoms with van der Waals surface area (Å²) in [5, 5.41) is 0. The summed E-state index contributed by atoms with van der Waals surface area (Å²) >= 11 is 5.19. The van der Waals surface area contributed by atoms with Crippen LogP contribution in [0.15, 0.2) is 48.5 Å². The third-order valence-electron chi connectivity index (χ3n) is 2.99. The predicted molar refractivity (Wildman–Crippen MR) is 85.9 cm³/mol. The second kappa shape index (κ2) is 5.97. The quantitative estimate of drug-likeness (QED) is 0.549. The lowest BCUT2D eigenvalue weighted by atomic mass is 10.2. The Bertz CT molecular complexity index is 707. The molecule has 1 aromatic heterocycles. The zero-order chi connectivity index (χ0) is 14.8. The minimum Gasteiger partial charge on any atom is -0.399 e. The van der Waals surface area contributed by atoms with Crippen LogP contribution in [0.2, 0.25) is 0 Å². The van der Waals surface area contributed by atoms with Crippen LogP contribution in [-0.2, 0) is 0 Å². The molecule has 0 aliphatic carbocycles. The number of aromatic nitrogens is 3. The summed E-state index contributed by atoms with van der Waals surface area (Å²) in [4.78, 5) is 13.3. The number of nitrogens with two attached hydrogens (primary N) is 1. The maximum Gasteiger partial charge on any atom is 0.244 e. The van der Waals surface area contributed by atoms with Crippen molar-refractivity contribution < 1.29 is 0 Å². The summed E-state index contributed by atoms with van der Waals surface area (Å²) in [7, 11) is 0. The van der Waals surface area contributed by atoms with Crippen LogP contribution in [0.5, 0.6) is 0 Å². The molecular weight excluding hydrogens is 290 g/mol.